The minimum atomic E-state index is -1.43. The molecule has 1 fully saturated rings. The molecule has 26 heavy (non-hydrogen) atoms. The van der Waals surface area contributed by atoms with Gasteiger partial charge in [0.15, 0.2) is 6.10 Å². The van der Waals surface area contributed by atoms with E-state index in [0.717, 1.165) is 32.1 Å². The van der Waals surface area contributed by atoms with Crippen LogP contribution in [0.15, 0.2) is 18.2 Å². The van der Waals surface area contributed by atoms with E-state index in [1.807, 2.05) is 18.2 Å². The first kappa shape index (κ1) is 18.9. The molecule has 0 radical (unpaired) electrons. The van der Waals surface area contributed by atoms with Crippen molar-refractivity contribution in [1.29, 1.82) is 0 Å². The van der Waals surface area contributed by atoms with Crippen LogP contribution in [0.25, 0.3) is 0 Å². The average molecular weight is 360 g/mol. The Morgan fingerprint density at radius 2 is 2.12 bits per heavy atom. The van der Waals surface area contributed by atoms with Gasteiger partial charge < -0.3 is 20.8 Å². The molecule has 4 unspecified atom stereocenters. The molecular formula is C20H28N2O4. The predicted octanol–water partition coefficient (Wildman–Crippen LogP) is 1.56. The van der Waals surface area contributed by atoms with E-state index in [1.165, 1.54) is 11.1 Å². The average Bonchev–Trinajstić information content (AvgIpc) is 2.66. The third-order valence-electron chi connectivity index (χ3n) is 6.27. The Balaban J connectivity index is 1.89. The fourth-order valence-electron chi connectivity index (χ4n) is 4.84. The molecule has 2 aliphatic carbocycles. The fraction of sp³-hybridized carbons (Fsp3) is 0.600. The van der Waals surface area contributed by atoms with Crippen LogP contribution in [0.2, 0.25) is 0 Å². The highest BCUT2D eigenvalue weighted by atomic mass is 16.3. The zero-order chi connectivity index (χ0) is 18.9. The number of benzene rings is 1. The number of amides is 2. The molecule has 1 aromatic rings. The Morgan fingerprint density at radius 3 is 2.81 bits per heavy atom. The van der Waals surface area contributed by atoms with Crippen LogP contribution in [-0.2, 0) is 16.0 Å². The molecule has 1 saturated carbocycles. The molecule has 4 N–H and O–H groups in total. The van der Waals surface area contributed by atoms with Crippen molar-refractivity contribution in [3.05, 3.63) is 29.3 Å². The quantitative estimate of drug-likeness (QED) is 0.655. The molecule has 6 nitrogen and oxygen atoms in total. The number of hydrogen-bond donors (Lipinski definition) is 4. The molecule has 0 saturated heterocycles. The molecule has 6 heteroatoms. The second-order valence-corrected chi connectivity index (χ2v) is 7.74. The lowest BCUT2D eigenvalue weighted by molar-refractivity contribution is -0.136. The number of aliphatic hydroxyl groups excluding tert-OH is 2. The van der Waals surface area contributed by atoms with Gasteiger partial charge in [-0.2, -0.15) is 0 Å². The Labute approximate surface area is 154 Å². The van der Waals surface area contributed by atoms with Gasteiger partial charge in [0, 0.05) is 18.2 Å². The molecule has 1 aromatic carbocycles. The summed E-state index contributed by atoms with van der Waals surface area (Å²) in [5.41, 5.74) is 2.73. The van der Waals surface area contributed by atoms with Crippen LogP contribution in [0, 0.1) is 11.3 Å². The van der Waals surface area contributed by atoms with E-state index in [9.17, 15) is 14.7 Å². The van der Waals surface area contributed by atoms with Crippen molar-refractivity contribution in [3.8, 4) is 0 Å². The normalized spacial score (nSPS) is 28.5. The molecule has 3 rings (SSSR count). The summed E-state index contributed by atoms with van der Waals surface area (Å²) < 4.78 is 0. The van der Waals surface area contributed by atoms with Crippen molar-refractivity contribution < 1.29 is 19.8 Å². The predicted molar refractivity (Wildman–Crippen MR) is 98.7 cm³/mol. The Hall–Kier alpha value is -1.92. The van der Waals surface area contributed by atoms with E-state index in [2.05, 4.69) is 17.6 Å². The van der Waals surface area contributed by atoms with Crippen molar-refractivity contribution >= 4 is 17.5 Å². The Morgan fingerprint density at radius 1 is 1.35 bits per heavy atom. The monoisotopic (exact) mass is 360 g/mol. The summed E-state index contributed by atoms with van der Waals surface area (Å²) in [4.78, 5) is 24.4. The van der Waals surface area contributed by atoms with Gasteiger partial charge in [-0.1, -0.05) is 19.4 Å². The fourth-order valence-corrected chi connectivity index (χ4v) is 4.84. The summed E-state index contributed by atoms with van der Waals surface area (Å²) in [7, 11) is 1.70. The van der Waals surface area contributed by atoms with Gasteiger partial charge in [-0.25, -0.2) is 0 Å². The van der Waals surface area contributed by atoms with E-state index in [1.54, 1.807) is 7.05 Å². The van der Waals surface area contributed by atoms with E-state index >= 15 is 0 Å². The van der Waals surface area contributed by atoms with Crippen molar-refractivity contribution in [3.63, 3.8) is 0 Å². The second-order valence-electron chi connectivity index (χ2n) is 7.74. The SMILES string of the molecule is CNC(=O)C1(C)CCCC2c3cc(NC(=O)C(O)CO)ccc3CCC21. The van der Waals surface area contributed by atoms with E-state index in [0.29, 0.717) is 11.6 Å². The summed E-state index contributed by atoms with van der Waals surface area (Å²) in [6, 6.07) is 5.84. The minimum Gasteiger partial charge on any atom is -0.393 e. The first-order valence-corrected chi connectivity index (χ1v) is 9.35. The smallest absolute Gasteiger partial charge is 0.255 e. The van der Waals surface area contributed by atoms with Crippen LogP contribution in [-0.4, -0.2) is 41.8 Å². The maximum Gasteiger partial charge on any atom is 0.255 e. The highest BCUT2D eigenvalue weighted by Crippen LogP contribution is 2.54. The third-order valence-corrected chi connectivity index (χ3v) is 6.27. The maximum atomic E-state index is 12.6. The summed E-state index contributed by atoms with van der Waals surface area (Å²) in [5.74, 6) is 0.0944. The molecule has 2 aliphatic rings. The lowest BCUT2D eigenvalue weighted by atomic mass is 9.56. The van der Waals surface area contributed by atoms with Gasteiger partial charge >= 0.3 is 0 Å². The van der Waals surface area contributed by atoms with Crippen LogP contribution in [0.4, 0.5) is 5.69 Å². The third kappa shape index (κ3) is 3.23. The Bertz CT molecular complexity index is 705. The molecule has 0 aliphatic heterocycles. The highest BCUT2D eigenvalue weighted by Gasteiger charge is 2.48. The van der Waals surface area contributed by atoms with Gasteiger partial charge in [-0.3, -0.25) is 9.59 Å². The summed E-state index contributed by atoms with van der Waals surface area (Å²) >= 11 is 0. The van der Waals surface area contributed by atoms with Crippen LogP contribution in [0.5, 0.6) is 0 Å². The highest BCUT2D eigenvalue weighted by molar-refractivity contribution is 5.94. The number of anilines is 1. The van der Waals surface area contributed by atoms with Gasteiger partial charge in [0.1, 0.15) is 0 Å². The standard InChI is InChI=1S/C20H28N2O4/c1-20(19(26)21-2)9-3-4-14-15-10-13(22-18(25)17(24)11-23)7-5-12(15)6-8-16(14)20/h5,7,10,14,16-17,23-24H,3-4,6,8-9,11H2,1-2H3,(H,21,26)(H,22,25). The number of carbonyl (C=O) groups is 2. The number of aryl methyl sites for hydroxylation is 1. The minimum absolute atomic E-state index is 0.117. The number of fused-ring (bicyclic) bond motifs is 3. The molecule has 4 atom stereocenters. The maximum absolute atomic E-state index is 12.6. The van der Waals surface area contributed by atoms with Crippen molar-refractivity contribution in [1.82, 2.24) is 5.32 Å². The summed E-state index contributed by atoms with van der Waals surface area (Å²) in [5, 5.41) is 23.9. The van der Waals surface area contributed by atoms with Gasteiger partial charge in [0.25, 0.3) is 5.91 Å². The first-order valence-electron chi connectivity index (χ1n) is 9.35. The molecule has 0 spiro atoms. The number of aliphatic hydroxyl groups is 2. The summed E-state index contributed by atoms with van der Waals surface area (Å²) in [6.45, 7) is 1.48. The van der Waals surface area contributed by atoms with Crippen molar-refractivity contribution in [2.24, 2.45) is 11.3 Å². The molecule has 0 heterocycles. The lowest BCUT2D eigenvalue weighted by Gasteiger charge is -2.48. The molecule has 2 amide bonds. The number of nitrogens with one attached hydrogen (secondary N) is 2. The molecular weight excluding hydrogens is 332 g/mol. The van der Waals surface area contributed by atoms with E-state index in [-0.39, 0.29) is 17.2 Å². The van der Waals surface area contributed by atoms with Crippen LogP contribution in [0.3, 0.4) is 0 Å². The number of hydrogen-bond acceptors (Lipinski definition) is 4. The number of carbonyl (C=O) groups excluding carboxylic acids is 2. The first-order chi connectivity index (χ1) is 12.4. The van der Waals surface area contributed by atoms with Crippen LogP contribution >= 0.6 is 0 Å². The van der Waals surface area contributed by atoms with E-state index < -0.39 is 18.6 Å². The van der Waals surface area contributed by atoms with Crippen molar-refractivity contribution in [2.45, 2.75) is 51.0 Å². The molecule has 0 aromatic heterocycles. The van der Waals surface area contributed by atoms with Gasteiger partial charge in [0.2, 0.25) is 5.91 Å². The van der Waals surface area contributed by atoms with Gasteiger partial charge in [-0.15, -0.1) is 0 Å². The van der Waals surface area contributed by atoms with Crippen molar-refractivity contribution in [2.75, 3.05) is 19.0 Å². The van der Waals surface area contributed by atoms with Crippen LogP contribution in [0.1, 0.15) is 49.7 Å². The van der Waals surface area contributed by atoms with Gasteiger partial charge in [-0.05, 0) is 60.8 Å². The molecule has 142 valence electrons. The van der Waals surface area contributed by atoms with Crippen LogP contribution < -0.4 is 10.6 Å². The largest absolute Gasteiger partial charge is 0.393 e. The molecule has 0 bridgehead atoms. The second kappa shape index (κ2) is 7.37. The zero-order valence-corrected chi connectivity index (χ0v) is 15.4. The van der Waals surface area contributed by atoms with E-state index in [4.69, 9.17) is 5.11 Å². The zero-order valence-electron chi connectivity index (χ0n) is 15.4. The van der Waals surface area contributed by atoms with Gasteiger partial charge in [0.05, 0.1) is 6.61 Å². The number of rotatable bonds is 4. The Kier molecular flexibility index (Phi) is 5.34. The topological polar surface area (TPSA) is 98.7 Å². The lowest BCUT2D eigenvalue weighted by Crippen LogP contribution is -2.48. The summed E-state index contributed by atoms with van der Waals surface area (Å²) in [6.07, 6.45) is 3.45.